The van der Waals surface area contributed by atoms with E-state index >= 15 is 0 Å². The zero-order valence-corrected chi connectivity index (χ0v) is 13.3. The lowest BCUT2D eigenvalue weighted by Crippen LogP contribution is -2.40. The number of anilines is 1. The van der Waals surface area contributed by atoms with E-state index < -0.39 is 4.92 Å². The second-order valence-corrected chi connectivity index (χ2v) is 6.34. The highest BCUT2D eigenvalue weighted by atomic mass is 35.5. The number of aromatic nitrogens is 2. The summed E-state index contributed by atoms with van der Waals surface area (Å²) in [7, 11) is 2.10. The number of piperidine rings is 1. The van der Waals surface area contributed by atoms with Gasteiger partial charge in [0.05, 0.1) is 4.92 Å². The van der Waals surface area contributed by atoms with Crippen molar-refractivity contribution in [3.05, 3.63) is 21.1 Å². The first kappa shape index (κ1) is 15.9. The largest absolute Gasteiger partial charge is 0.364 e. The molecule has 1 aromatic heterocycles. The minimum atomic E-state index is -0.467. The summed E-state index contributed by atoms with van der Waals surface area (Å²) in [4.78, 5) is 20.8. The summed E-state index contributed by atoms with van der Waals surface area (Å²) in [5.74, 6) is 0.206. The molecular formula is C13H20ClN5O2. The van der Waals surface area contributed by atoms with Gasteiger partial charge in [0.15, 0.2) is 0 Å². The molecule has 21 heavy (non-hydrogen) atoms. The van der Waals surface area contributed by atoms with Crippen molar-refractivity contribution < 1.29 is 4.92 Å². The Hall–Kier alpha value is -1.47. The lowest BCUT2D eigenvalue weighted by Gasteiger charge is -2.38. The molecule has 2 rings (SSSR count). The van der Waals surface area contributed by atoms with E-state index in [4.69, 9.17) is 11.6 Å². The fourth-order valence-corrected chi connectivity index (χ4v) is 2.72. The SMILES string of the molecule is Cc1nc(Cl)nc(NCC2(C)CCN(C)CC2)c1[N+](=O)[O-]. The van der Waals surface area contributed by atoms with Gasteiger partial charge in [-0.15, -0.1) is 0 Å². The van der Waals surface area contributed by atoms with E-state index in [0.29, 0.717) is 6.54 Å². The van der Waals surface area contributed by atoms with Crippen molar-refractivity contribution in [2.45, 2.75) is 26.7 Å². The zero-order valence-electron chi connectivity index (χ0n) is 12.5. The summed E-state index contributed by atoms with van der Waals surface area (Å²) in [5.41, 5.74) is 0.276. The van der Waals surface area contributed by atoms with Crippen LogP contribution in [0.15, 0.2) is 0 Å². The van der Waals surface area contributed by atoms with Crippen LogP contribution in [0.1, 0.15) is 25.5 Å². The lowest BCUT2D eigenvalue weighted by atomic mass is 9.80. The monoisotopic (exact) mass is 313 g/mol. The Morgan fingerprint density at radius 1 is 1.43 bits per heavy atom. The summed E-state index contributed by atoms with van der Waals surface area (Å²) in [6.45, 7) is 6.45. The zero-order chi connectivity index (χ0) is 15.6. The predicted octanol–water partition coefficient (Wildman–Crippen LogP) is 2.49. The van der Waals surface area contributed by atoms with Crippen LogP contribution in [0, 0.1) is 22.5 Å². The maximum absolute atomic E-state index is 11.2. The van der Waals surface area contributed by atoms with Crippen molar-refractivity contribution in [3.8, 4) is 0 Å². The highest BCUT2D eigenvalue weighted by Crippen LogP contribution is 2.32. The molecule has 1 aliphatic rings. The molecule has 2 heterocycles. The number of nitrogens with zero attached hydrogens (tertiary/aromatic N) is 4. The van der Waals surface area contributed by atoms with Crippen molar-refractivity contribution in [2.75, 3.05) is 32.0 Å². The molecule has 0 radical (unpaired) electrons. The van der Waals surface area contributed by atoms with Crippen LogP contribution in [0.4, 0.5) is 11.5 Å². The summed E-state index contributed by atoms with van der Waals surface area (Å²) in [6.07, 6.45) is 2.09. The van der Waals surface area contributed by atoms with Crippen LogP contribution in [0.2, 0.25) is 5.28 Å². The summed E-state index contributed by atoms with van der Waals surface area (Å²) in [6, 6.07) is 0. The van der Waals surface area contributed by atoms with Gasteiger partial charge in [-0.3, -0.25) is 10.1 Å². The quantitative estimate of drug-likeness (QED) is 0.522. The summed E-state index contributed by atoms with van der Waals surface area (Å²) < 4.78 is 0. The van der Waals surface area contributed by atoms with Crippen molar-refractivity contribution in [3.63, 3.8) is 0 Å². The van der Waals surface area contributed by atoms with Gasteiger partial charge in [-0.25, -0.2) is 4.98 Å². The Bertz CT molecular complexity index is 544. The first-order valence-corrected chi connectivity index (χ1v) is 7.29. The standard InChI is InChI=1S/C13H20ClN5O2/c1-9-10(19(20)21)11(17-12(14)16-9)15-8-13(2)4-6-18(3)7-5-13/h4-8H2,1-3H3,(H,15,16,17). The number of nitrogens with one attached hydrogen (secondary N) is 1. The molecule has 1 N–H and O–H groups in total. The molecule has 8 heteroatoms. The number of hydrogen-bond acceptors (Lipinski definition) is 6. The molecule has 0 saturated carbocycles. The minimum Gasteiger partial charge on any atom is -0.364 e. The number of rotatable bonds is 4. The molecule has 0 atom stereocenters. The van der Waals surface area contributed by atoms with E-state index in [1.54, 1.807) is 6.92 Å². The van der Waals surface area contributed by atoms with Crippen molar-refractivity contribution in [1.82, 2.24) is 14.9 Å². The van der Waals surface area contributed by atoms with E-state index in [-0.39, 0.29) is 27.9 Å². The fourth-order valence-electron chi connectivity index (χ4n) is 2.51. The third kappa shape index (κ3) is 3.79. The Kier molecular flexibility index (Phi) is 4.63. The van der Waals surface area contributed by atoms with Crippen LogP contribution in [-0.2, 0) is 0 Å². The van der Waals surface area contributed by atoms with Crippen LogP contribution >= 0.6 is 11.6 Å². The molecule has 116 valence electrons. The van der Waals surface area contributed by atoms with E-state index in [0.717, 1.165) is 25.9 Å². The van der Waals surface area contributed by atoms with E-state index in [1.165, 1.54) is 0 Å². The van der Waals surface area contributed by atoms with Crippen molar-refractivity contribution >= 4 is 23.1 Å². The summed E-state index contributed by atoms with van der Waals surface area (Å²) in [5, 5.41) is 14.3. The van der Waals surface area contributed by atoms with Gasteiger partial charge in [0.2, 0.25) is 11.1 Å². The Morgan fingerprint density at radius 3 is 2.62 bits per heavy atom. The summed E-state index contributed by atoms with van der Waals surface area (Å²) >= 11 is 5.81. The molecule has 1 aromatic rings. The average molecular weight is 314 g/mol. The van der Waals surface area contributed by atoms with Crippen LogP contribution in [0.3, 0.4) is 0 Å². The normalized spacial score (nSPS) is 18.5. The molecule has 0 spiro atoms. The van der Waals surface area contributed by atoms with Gasteiger partial charge >= 0.3 is 5.69 Å². The third-order valence-corrected chi connectivity index (χ3v) is 4.26. The Morgan fingerprint density at radius 2 is 2.05 bits per heavy atom. The first-order chi connectivity index (χ1) is 9.81. The van der Waals surface area contributed by atoms with Gasteiger partial charge in [-0.05, 0) is 56.9 Å². The van der Waals surface area contributed by atoms with Crippen LogP contribution < -0.4 is 5.32 Å². The maximum Gasteiger partial charge on any atom is 0.332 e. The Labute approximate surface area is 128 Å². The van der Waals surface area contributed by atoms with Crippen LogP contribution in [-0.4, -0.2) is 46.5 Å². The third-order valence-electron chi connectivity index (χ3n) is 4.09. The van der Waals surface area contributed by atoms with Gasteiger partial charge in [-0.2, -0.15) is 4.98 Å². The predicted molar refractivity (Wildman–Crippen MR) is 81.8 cm³/mol. The number of nitro groups is 1. The van der Waals surface area contributed by atoms with Gasteiger partial charge in [0, 0.05) is 6.54 Å². The van der Waals surface area contributed by atoms with Gasteiger partial charge in [0.25, 0.3) is 0 Å². The number of likely N-dealkylation sites (tertiary alicyclic amines) is 1. The highest BCUT2D eigenvalue weighted by Gasteiger charge is 2.30. The highest BCUT2D eigenvalue weighted by molar-refractivity contribution is 6.28. The lowest BCUT2D eigenvalue weighted by molar-refractivity contribution is -0.385. The van der Waals surface area contributed by atoms with E-state index in [9.17, 15) is 10.1 Å². The maximum atomic E-state index is 11.2. The molecule has 0 amide bonds. The second-order valence-electron chi connectivity index (χ2n) is 6.00. The second kappa shape index (κ2) is 6.11. The van der Waals surface area contributed by atoms with Crippen LogP contribution in [0.25, 0.3) is 0 Å². The molecule has 1 saturated heterocycles. The van der Waals surface area contributed by atoms with Gasteiger partial charge in [0.1, 0.15) is 5.69 Å². The van der Waals surface area contributed by atoms with E-state index in [1.807, 2.05) is 0 Å². The van der Waals surface area contributed by atoms with Gasteiger partial charge < -0.3 is 10.2 Å². The molecule has 0 bridgehead atoms. The smallest absolute Gasteiger partial charge is 0.332 e. The molecule has 1 fully saturated rings. The Balaban J connectivity index is 2.14. The molecule has 0 aromatic carbocycles. The first-order valence-electron chi connectivity index (χ1n) is 6.92. The fraction of sp³-hybridized carbons (Fsp3) is 0.692. The van der Waals surface area contributed by atoms with Crippen LogP contribution in [0.5, 0.6) is 0 Å². The average Bonchev–Trinajstić information content (AvgIpc) is 2.39. The molecule has 7 nitrogen and oxygen atoms in total. The number of halogens is 1. The van der Waals surface area contributed by atoms with Crippen molar-refractivity contribution in [1.29, 1.82) is 0 Å². The van der Waals surface area contributed by atoms with Gasteiger partial charge in [-0.1, -0.05) is 6.92 Å². The molecular weight excluding hydrogens is 294 g/mol. The van der Waals surface area contributed by atoms with E-state index in [2.05, 4.69) is 34.2 Å². The minimum absolute atomic E-state index is 0.0223. The number of hydrogen-bond donors (Lipinski definition) is 1. The molecule has 0 unspecified atom stereocenters. The molecule has 0 aliphatic carbocycles. The molecule has 1 aliphatic heterocycles. The number of aryl methyl sites for hydroxylation is 1. The topological polar surface area (TPSA) is 84.2 Å². The van der Waals surface area contributed by atoms with Crippen molar-refractivity contribution in [2.24, 2.45) is 5.41 Å².